The van der Waals surface area contributed by atoms with Crippen LogP contribution in [0.1, 0.15) is 16.1 Å². The summed E-state index contributed by atoms with van der Waals surface area (Å²) in [4.78, 5) is 12.1. The molecule has 24 heavy (non-hydrogen) atoms. The molecule has 9 heteroatoms. The molecular weight excluding hydrogens is 327 g/mol. The lowest BCUT2D eigenvalue weighted by atomic mass is 10.2. The van der Waals surface area contributed by atoms with Crippen molar-refractivity contribution in [3.8, 4) is 5.75 Å². The van der Waals surface area contributed by atoms with Gasteiger partial charge in [0.05, 0.1) is 12.3 Å². The van der Waals surface area contributed by atoms with Gasteiger partial charge in [0, 0.05) is 25.9 Å². The minimum Gasteiger partial charge on any atom is -0.491 e. The van der Waals surface area contributed by atoms with Crippen LogP contribution in [-0.2, 0) is 18.0 Å². The number of amides is 1. The van der Waals surface area contributed by atoms with Crippen LogP contribution < -0.4 is 10.1 Å². The molecule has 1 amide bonds. The van der Waals surface area contributed by atoms with Crippen molar-refractivity contribution in [2.75, 3.05) is 25.6 Å². The highest BCUT2D eigenvalue weighted by Crippen LogP contribution is 2.33. The Bertz CT molecular complexity index is 696. The van der Waals surface area contributed by atoms with Crippen LogP contribution >= 0.6 is 0 Å². The number of carbonyl (C=O) groups is 1. The standard InChI is InChI=1S/C15H16F3N3O3/c1-21-9-12(13(20-21)15(16,17)18)19-14(22)10-3-5-11(6-4-10)24-8-7-23-2/h3-6,9H,7-8H2,1-2H3,(H,19,22). The molecule has 0 saturated heterocycles. The summed E-state index contributed by atoms with van der Waals surface area (Å²) in [5.74, 6) is -0.141. The highest BCUT2D eigenvalue weighted by atomic mass is 19.4. The molecule has 0 radical (unpaired) electrons. The average molecular weight is 343 g/mol. The van der Waals surface area contributed by atoms with Gasteiger partial charge in [0.15, 0.2) is 5.69 Å². The van der Waals surface area contributed by atoms with Gasteiger partial charge in [-0.3, -0.25) is 9.48 Å². The second-order valence-corrected chi connectivity index (χ2v) is 4.88. The lowest BCUT2D eigenvalue weighted by Gasteiger charge is -2.09. The monoisotopic (exact) mass is 343 g/mol. The number of aryl methyl sites for hydroxylation is 1. The van der Waals surface area contributed by atoms with Gasteiger partial charge in [-0.25, -0.2) is 0 Å². The summed E-state index contributed by atoms with van der Waals surface area (Å²) in [6.07, 6.45) is -3.55. The third kappa shape index (κ3) is 4.48. The molecule has 0 aliphatic heterocycles. The van der Waals surface area contributed by atoms with Crippen molar-refractivity contribution >= 4 is 11.6 Å². The van der Waals surface area contributed by atoms with E-state index in [2.05, 4.69) is 10.4 Å². The summed E-state index contributed by atoms with van der Waals surface area (Å²) in [7, 11) is 2.89. The minimum atomic E-state index is -4.65. The topological polar surface area (TPSA) is 65.4 Å². The van der Waals surface area contributed by atoms with Crippen LogP contribution in [0.2, 0.25) is 0 Å². The predicted octanol–water partition coefficient (Wildman–Crippen LogP) is 2.72. The molecular formula is C15H16F3N3O3. The Hall–Kier alpha value is -2.55. The van der Waals surface area contributed by atoms with Crippen LogP contribution in [0.5, 0.6) is 5.75 Å². The zero-order valence-corrected chi connectivity index (χ0v) is 13.1. The van der Waals surface area contributed by atoms with E-state index in [1.807, 2.05) is 0 Å². The van der Waals surface area contributed by atoms with Gasteiger partial charge in [0.2, 0.25) is 0 Å². The summed E-state index contributed by atoms with van der Waals surface area (Å²) in [5.41, 5.74) is -1.33. The van der Waals surface area contributed by atoms with E-state index in [-0.39, 0.29) is 5.56 Å². The molecule has 6 nitrogen and oxygen atoms in total. The van der Waals surface area contributed by atoms with Crippen molar-refractivity contribution in [3.05, 3.63) is 41.7 Å². The Morgan fingerprint density at radius 1 is 1.25 bits per heavy atom. The van der Waals surface area contributed by atoms with Crippen molar-refractivity contribution in [2.24, 2.45) is 7.05 Å². The van der Waals surface area contributed by atoms with Crippen LogP contribution in [0, 0.1) is 0 Å². The zero-order chi connectivity index (χ0) is 17.7. The fraction of sp³-hybridized carbons (Fsp3) is 0.333. The number of aromatic nitrogens is 2. The van der Waals surface area contributed by atoms with Crippen LogP contribution in [0.25, 0.3) is 0 Å². The number of ether oxygens (including phenoxy) is 2. The zero-order valence-electron chi connectivity index (χ0n) is 13.1. The molecule has 1 N–H and O–H groups in total. The van der Waals surface area contributed by atoms with Crippen LogP contribution in [0.15, 0.2) is 30.5 Å². The number of methoxy groups -OCH3 is 1. The Kier molecular flexibility index (Phi) is 5.45. The molecule has 0 fully saturated rings. The van der Waals surface area contributed by atoms with Gasteiger partial charge in [-0.2, -0.15) is 18.3 Å². The van der Waals surface area contributed by atoms with Crippen LogP contribution in [0.4, 0.5) is 18.9 Å². The Morgan fingerprint density at radius 2 is 1.92 bits per heavy atom. The molecule has 0 aliphatic carbocycles. The fourth-order valence-corrected chi connectivity index (χ4v) is 1.93. The molecule has 1 heterocycles. The van der Waals surface area contributed by atoms with Crippen molar-refractivity contribution in [1.82, 2.24) is 9.78 Å². The van der Waals surface area contributed by atoms with Gasteiger partial charge in [0.25, 0.3) is 5.91 Å². The second kappa shape index (κ2) is 7.35. The first kappa shape index (κ1) is 17.8. The van der Waals surface area contributed by atoms with E-state index in [9.17, 15) is 18.0 Å². The molecule has 0 atom stereocenters. The smallest absolute Gasteiger partial charge is 0.437 e. The molecule has 1 aromatic heterocycles. The third-order valence-electron chi connectivity index (χ3n) is 3.02. The number of rotatable bonds is 6. The summed E-state index contributed by atoms with van der Waals surface area (Å²) in [6, 6.07) is 6.03. The molecule has 0 saturated carbocycles. The van der Waals surface area contributed by atoms with E-state index in [4.69, 9.17) is 9.47 Å². The average Bonchev–Trinajstić information content (AvgIpc) is 2.89. The molecule has 130 valence electrons. The summed E-state index contributed by atoms with van der Waals surface area (Å²) < 4.78 is 49.8. The molecule has 1 aromatic carbocycles. The largest absolute Gasteiger partial charge is 0.491 e. The number of nitrogens with one attached hydrogen (secondary N) is 1. The normalized spacial score (nSPS) is 11.4. The van der Waals surface area contributed by atoms with Crippen molar-refractivity contribution in [2.45, 2.75) is 6.18 Å². The van der Waals surface area contributed by atoms with E-state index in [0.717, 1.165) is 10.9 Å². The van der Waals surface area contributed by atoms with Crippen molar-refractivity contribution < 1.29 is 27.4 Å². The molecule has 0 spiro atoms. The maximum absolute atomic E-state index is 12.9. The SMILES string of the molecule is COCCOc1ccc(C(=O)Nc2cn(C)nc2C(F)(F)F)cc1. The fourth-order valence-electron chi connectivity index (χ4n) is 1.93. The molecule has 0 unspecified atom stereocenters. The van der Waals surface area contributed by atoms with Gasteiger partial charge >= 0.3 is 6.18 Å². The lowest BCUT2D eigenvalue weighted by molar-refractivity contribution is -0.140. The third-order valence-corrected chi connectivity index (χ3v) is 3.02. The molecule has 2 aromatic rings. The Balaban J connectivity index is 2.08. The van der Waals surface area contributed by atoms with Crippen molar-refractivity contribution in [3.63, 3.8) is 0 Å². The van der Waals surface area contributed by atoms with E-state index in [1.165, 1.54) is 19.2 Å². The van der Waals surface area contributed by atoms with E-state index in [1.54, 1.807) is 19.2 Å². The van der Waals surface area contributed by atoms with Gasteiger partial charge in [-0.1, -0.05) is 0 Å². The number of nitrogens with zero attached hydrogens (tertiary/aromatic N) is 2. The number of alkyl halides is 3. The summed E-state index contributed by atoms with van der Waals surface area (Å²) >= 11 is 0. The predicted molar refractivity (Wildman–Crippen MR) is 80.0 cm³/mol. The first-order valence-corrected chi connectivity index (χ1v) is 6.95. The summed E-state index contributed by atoms with van der Waals surface area (Å²) in [5, 5.41) is 5.55. The van der Waals surface area contributed by atoms with Crippen LogP contribution in [0.3, 0.4) is 0 Å². The van der Waals surface area contributed by atoms with E-state index >= 15 is 0 Å². The van der Waals surface area contributed by atoms with Gasteiger partial charge in [-0.15, -0.1) is 0 Å². The summed E-state index contributed by atoms with van der Waals surface area (Å²) in [6.45, 7) is 0.774. The molecule has 0 bridgehead atoms. The number of hydrogen-bond acceptors (Lipinski definition) is 4. The quantitative estimate of drug-likeness (QED) is 0.819. The van der Waals surface area contributed by atoms with Crippen LogP contribution in [-0.4, -0.2) is 36.0 Å². The first-order chi connectivity index (χ1) is 11.3. The number of halogens is 3. The van der Waals surface area contributed by atoms with E-state index in [0.29, 0.717) is 19.0 Å². The highest BCUT2D eigenvalue weighted by Gasteiger charge is 2.37. The Labute approximate surface area is 136 Å². The number of anilines is 1. The van der Waals surface area contributed by atoms with E-state index < -0.39 is 23.5 Å². The van der Waals surface area contributed by atoms with Gasteiger partial charge < -0.3 is 14.8 Å². The molecule has 2 rings (SSSR count). The maximum atomic E-state index is 12.9. The number of benzene rings is 1. The first-order valence-electron chi connectivity index (χ1n) is 6.95. The lowest BCUT2D eigenvalue weighted by Crippen LogP contribution is -2.16. The second-order valence-electron chi connectivity index (χ2n) is 4.88. The minimum absolute atomic E-state index is 0.200. The number of carbonyl (C=O) groups excluding carboxylic acids is 1. The van der Waals surface area contributed by atoms with Gasteiger partial charge in [-0.05, 0) is 24.3 Å². The number of hydrogen-bond donors (Lipinski definition) is 1. The van der Waals surface area contributed by atoms with Gasteiger partial charge in [0.1, 0.15) is 12.4 Å². The Morgan fingerprint density at radius 3 is 2.50 bits per heavy atom. The van der Waals surface area contributed by atoms with Crippen molar-refractivity contribution in [1.29, 1.82) is 0 Å². The highest BCUT2D eigenvalue weighted by molar-refractivity contribution is 6.04. The molecule has 0 aliphatic rings. The maximum Gasteiger partial charge on any atom is 0.437 e.